The number of hydrogen-bond acceptors (Lipinski definition) is 3. The van der Waals surface area contributed by atoms with E-state index in [4.69, 9.17) is 0 Å². The van der Waals surface area contributed by atoms with Crippen LogP contribution < -0.4 is 10.1 Å². The lowest BCUT2D eigenvalue weighted by molar-refractivity contribution is -0.274. The summed E-state index contributed by atoms with van der Waals surface area (Å²) in [7, 11) is 0. The van der Waals surface area contributed by atoms with E-state index >= 15 is 0 Å². The summed E-state index contributed by atoms with van der Waals surface area (Å²) in [5.41, 5.74) is 0.723. The maximum Gasteiger partial charge on any atom is 0.573 e. The molecule has 0 aliphatic carbocycles. The highest BCUT2D eigenvalue weighted by molar-refractivity contribution is 9.10. The van der Waals surface area contributed by atoms with Crippen LogP contribution in [0.5, 0.6) is 5.75 Å². The molecule has 0 bridgehead atoms. The molecule has 0 aromatic heterocycles. The average Bonchev–Trinajstić information content (AvgIpc) is 2.38. The molecule has 0 radical (unpaired) electrons. The van der Waals surface area contributed by atoms with Crippen molar-refractivity contribution in [2.75, 3.05) is 26.2 Å². The molecule has 1 saturated heterocycles. The fourth-order valence-electron chi connectivity index (χ4n) is 2.40. The summed E-state index contributed by atoms with van der Waals surface area (Å²) in [6.45, 7) is 7.15. The van der Waals surface area contributed by atoms with Crippen molar-refractivity contribution in [3.63, 3.8) is 0 Å². The Labute approximate surface area is 129 Å². The van der Waals surface area contributed by atoms with E-state index in [1.165, 1.54) is 12.1 Å². The van der Waals surface area contributed by atoms with Crippen molar-refractivity contribution in [2.24, 2.45) is 0 Å². The predicted molar refractivity (Wildman–Crippen MR) is 78.2 cm³/mol. The molecule has 21 heavy (non-hydrogen) atoms. The van der Waals surface area contributed by atoms with Crippen LogP contribution in [0.1, 0.15) is 11.6 Å². The first-order valence-electron chi connectivity index (χ1n) is 6.52. The first-order valence-corrected chi connectivity index (χ1v) is 7.32. The maximum atomic E-state index is 12.4. The van der Waals surface area contributed by atoms with Gasteiger partial charge in [-0.25, -0.2) is 0 Å². The number of rotatable bonds is 4. The van der Waals surface area contributed by atoms with Crippen molar-refractivity contribution in [1.82, 2.24) is 10.2 Å². The van der Waals surface area contributed by atoms with Gasteiger partial charge in [-0.2, -0.15) is 0 Å². The van der Waals surface area contributed by atoms with E-state index in [-0.39, 0.29) is 11.8 Å². The summed E-state index contributed by atoms with van der Waals surface area (Å²) in [5.74, 6) is -0.228. The van der Waals surface area contributed by atoms with Gasteiger partial charge in [0, 0.05) is 30.7 Å². The van der Waals surface area contributed by atoms with Gasteiger partial charge in [0.25, 0.3) is 0 Å². The lowest BCUT2D eigenvalue weighted by Gasteiger charge is -2.33. The summed E-state index contributed by atoms with van der Waals surface area (Å²) < 4.78 is 41.7. The van der Waals surface area contributed by atoms with Crippen LogP contribution in [-0.2, 0) is 0 Å². The van der Waals surface area contributed by atoms with Gasteiger partial charge in [0.2, 0.25) is 0 Å². The number of nitrogens with one attached hydrogen (secondary N) is 1. The van der Waals surface area contributed by atoms with Crippen LogP contribution in [0.2, 0.25) is 0 Å². The minimum atomic E-state index is -4.70. The van der Waals surface area contributed by atoms with Crippen LogP contribution in [0.3, 0.4) is 0 Å². The Morgan fingerprint density at radius 2 is 1.95 bits per heavy atom. The molecular weight excluding hydrogens is 349 g/mol. The molecule has 1 aliphatic rings. The number of alkyl halides is 3. The van der Waals surface area contributed by atoms with Gasteiger partial charge in [0.05, 0.1) is 6.04 Å². The zero-order valence-electron chi connectivity index (χ0n) is 11.3. The lowest BCUT2D eigenvalue weighted by Crippen LogP contribution is -2.44. The number of nitrogens with zero attached hydrogens (tertiary/aromatic N) is 1. The molecule has 2 rings (SSSR count). The minimum absolute atomic E-state index is 0.139. The Hall–Kier alpha value is -1.05. The fraction of sp³-hybridized carbons (Fsp3) is 0.429. The number of halogens is 4. The number of hydrogen-bond donors (Lipinski definition) is 1. The smallest absolute Gasteiger partial charge is 0.406 e. The van der Waals surface area contributed by atoms with Crippen LogP contribution in [0.15, 0.2) is 35.3 Å². The minimum Gasteiger partial charge on any atom is -0.406 e. The topological polar surface area (TPSA) is 24.5 Å². The summed E-state index contributed by atoms with van der Waals surface area (Å²) in [4.78, 5) is 2.17. The zero-order chi connectivity index (χ0) is 15.5. The largest absolute Gasteiger partial charge is 0.573 e. The quantitative estimate of drug-likeness (QED) is 0.827. The number of piperazine rings is 1. The second-order valence-electron chi connectivity index (χ2n) is 4.73. The van der Waals surface area contributed by atoms with Gasteiger partial charge in [-0.05, 0) is 23.8 Å². The highest BCUT2D eigenvalue weighted by Gasteiger charge is 2.31. The van der Waals surface area contributed by atoms with Crippen molar-refractivity contribution in [3.05, 3.63) is 40.9 Å². The molecule has 1 aromatic rings. The van der Waals surface area contributed by atoms with Crippen molar-refractivity contribution < 1.29 is 17.9 Å². The molecule has 7 heteroatoms. The maximum absolute atomic E-state index is 12.4. The van der Waals surface area contributed by atoms with E-state index in [2.05, 4.69) is 37.5 Å². The number of ether oxygens (including phenoxy) is 1. The van der Waals surface area contributed by atoms with Crippen LogP contribution in [0, 0.1) is 0 Å². The molecule has 0 unspecified atom stereocenters. The van der Waals surface area contributed by atoms with Crippen LogP contribution in [0.4, 0.5) is 13.2 Å². The van der Waals surface area contributed by atoms with Crippen molar-refractivity contribution >= 4 is 15.9 Å². The van der Waals surface area contributed by atoms with Gasteiger partial charge >= 0.3 is 6.36 Å². The molecule has 0 saturated carbocycles. The highest BCUT2D eigenvalue weighted by atomic mass is 79.9. The molecular formula is C14H16BrF3N2O. The average molecular weight is 365 g/mol. The molecule has 0 amide bonds. The third-order valence-electron chi connectivity index (χ3n) is 3.24. The first kappa shape index (κ1) is 16.3. The molecule has 116 valence electrons. The van der Waals surface area contributed by atoms with Crippen LogP contribution >= 0.6 is 15.9 Å². The molecule has 3 nitrogen and oxygen atoms in total. The number of benzene rings is 1. The first-order chi connectivity index (χ1) is 9.89. The van der Waals surface area contributed by atoms with Gasteiger partial charge in [-0.3, -0.25) is 4.90 Å². The monoisotopic (exact) mass is 364 g/mol. The predicted octanol–water partition coefficient (Wildman–Crippen LogP) is 3.48. The molecule has 1 N–H and O–H groups in total. The Bertz CT molecular complexity index is 501. The van der Waals surface area contributed by atoms with Crippen molar-refractivity contribution in [2.45, 2.75) is 12.4 Å². The van der Waals surface area contributed by atoms with Gasteiger partial charge < -0.3 is 10.1 Å². The fourth-order valence-corrected chi connectivity index (χ4v) is 2.89. The van der Waals surface area contributed by atoms with Gasteiger partial charge in [0.1, 0.15) is 5.75 Å². The highest BCUT2D eigenvalue weighted by Crippen LogP contribution is 2.32. The summed E-state index contributed by atoms with van der Waals surface area (Å²) >= 11 is 3.23. The van der Waals surface area contributed by atoms with Gasteiger partial charge in [0.15, 0.2) is 0 Å². The molecule has 0 spiro atoms. The zero-order valence-corrected chi connectivity index (χ0v) is 12.9. The van der Waals surface area contributed by atoms with E-state index in [0.29, 0.717) is 4.47 Å². The van der Waals surface area contributed by atoms with Gasteiger partial charge in [-0.15, -0.1) is 19.8 Å². The van der Waals surface area contributed by atoms with E-state index < -0.39 is 6.36 Å². The Morgan fingerprint density at radius 3 is 2.52 bits per heavy atom. The second-order valence-corrected chi connectivity index (χ2v) is 5.65. The summed E-state index contributed by atoms with van der Waals surface area (Å²) in [6.07, 6.45) is -2.96. The van der Waals surface area contributed by atoms with E-state index in [1.54, 1.807) is 12.1 Å². The van der Waals surface area contributed by atoms with Crippen LogP contribution in [0.25, 0.3) is 0 Å². The van der Waals surface area contributed by atoms with E-state index in [1.807, 2.05) is 0 Å². The van der Waals surface area contributed by atoms with E-state index in [9.17, 15) is 13.2 Å². The second kappa shape index (κ2) is 6.81. The Morgan fingerprint density at radius 1 is 1.29 bits per heavy atom. The Kier molecular flexibility index (Phi) is 5.29. The third kappa shape index (κ3) is 4.72. The molecule has 1 heterocycles. The standard InChI is InChI=1S/C14H16BrF3N2O/c1-2-13(20-5-3-19-4-6-20)10-7-11(15)9-12(8-10)21-14(16,17)18/h2,7-9,13,19H,1,3-6H2/t13-/m1/s1. The molecule has 1 aromatic carbocycles. The SMILES string of the molecule is C=C[C@H](c1cc(Br)cc(OC(F)(F)F)c1)N1CCNCC1. The third-order valence-corrected chi connectivity index (χ3v) is 3.69. The summed E-state index contributed by atoms with van der Waals surface area (Å²) in [6, 6.07) is 4.36. The van der Waals surface area contributed by atoms with Gasteiger partial charge in [-0.1, -0.05) is 22.0 Å². The van der Waals surface area contributed by atoms with Crippen molar-refractivity contribution in [1.29, 1.82) is 0 Å². The summed E-state index contributed by atoms with van der Waals surface area (Å²) in [5, 5.41) is 3.24. The lowest BCUT2D eigenvalue weighted by atomic mass is 10.0. The Balaban J connectivity index is 2.26. The van der Waals surface area contributed by atoms with E-state index in [0.717, 1.165) is 31.7 Å². The van der Waals surface area contributed by atoms with Crippen molar-refractivity contribution in [3.8, 4) is 5.75 Å². The van der Waals surface area contributed by atoms with Crippen LogP contribution in [-0.4, -0.2) is 37.4 Å². The normalized spacial score (nSPS) is 18.3. The molecule has 1 aliphatic heterocycles. The molecule has 1 atom stereocenters. The molecule has 1 fully saturated rings.